The number of aryl methyl sites for hydroxylation is 1. The lowest BCUT2D eigenvalue weighted by atomic mass is 10.2. The van der Waals surface area contributed by atoms with Crippen LogP contribution < -0.4 is 5.32 Å². The van der Waals surface area contributed by atoms with Crippen molar-refractivity contribution in [3.8, 4) is 0 Å². The third-order valence-electron chi connectivity index (χ3n) is 2.68. The molecular formula is C11H21N3O2. The molecule has 1 rings (SSSR count). The minimum absolute atomic E-state index is 0.235. The van der Waals surface area contributed by atoms with Crippen molar-refractivity contribution < 1.29 is 10.2 Å². The van der Waals surface area contributed by atoms with Gasteiger partial charge in [0.1, 0.15) is 0 Å². The molecule has 1 aromatic heterocycles. The highest BCUT2D eigenvalue weighted by molar-refractivity contribution is 5.24. The third-order valence-corrected chi connectivity index (χ3v) is 2.68. The van der Waals surface area contributed by atoms with E-state index in [2.05, 4.69) is 17.3 Å². The van der Waals surface area contributed by atoms with Gasteiger partial charge in [0.2, 0.25) is 0 Å². The van der Waals surface area contributed by atoms with Gasteiger partial charge in [0.15, 0.2) is 0 Å². The van der Waals surface area contributed by atoms with Gasteiger partial charge in [0, 0.05) is 17.8 Å². The zero-order chi connectivity index (χ0) is 12.1. The number of hydrogen-bond donors (Lipinski definition) is 3. The van der Waals surface area contributed by atoms with Crippen LogP contribution in [0.4, 0.5) is 0 Å². The van der Waals surface area contributed by atoms with Crippen molar-refractivity contribution in [1.29, 1.82) is 0 Å². The van der Waals surface area contributed by atoms with Crippen LogP contribution in [0.1, 0.15) is 23.9 Å². The van der Waals surface area contributed by atoms with Crippen LogP contribution >= 0.6 is 0 Å². The molecule has 92 valence electrons. The topological polar surface area (TPSA) is 70.3 Å². The molecule has 0 aromatic carbocycles. The van der Waals surface area contributed by atoms with Crippen molar-refractivity contribution in [2.24, 2.45) is 0 Å². The first-order valence-electron chi connectivity index (χ1n) is 5.62. The molecule has 0 aliphatic carbocycles. The monoisotopic (exact) mass is 227 g/mol. The molecule has 1 atom stereocenters. The quantitative estimate of drug-likeness (QED) is 0.638. The van der Waals surface area contributed by atoms with E-state index in [0.717, 1.165) is 24.5 Å². The number of nitrogens with zero attached hydrogens (tertiary/aromatic N) is 2. The van der Waals surface area contributed by atoms with Crippen molar-refractivity contribution in [2.75, 3.05) is 13.2 Å². The van der Waals surface area contributed by atoms with Crippen molar-refractivity contribution >= 4 is 0 Å². The van der Waals surface area contributed by atoms with Crippen molar-refractivity contribution in [3.05, 3.63) is 17.0 Å². The maximum Gasteiger partial charge on any atom is 0.0966 e. The molecule has 3 N–H and O–H groups in total. The Hall–Kier alpha value is -0.910. The van der Waals surface area contributed by atoms with E-state index >= 15 is 0 Å². The molecule has 0 aliphatic rings. The Kier molecular flexibility index (Phi) is 4.92. The van der Waals surface area contributed by atoms with Crippen LogP contribution in [0.15, 0.2) is 0 Å². The number of aliphatic hydroxyl groups is 2. The SMILES string of the molecule is CCNCc1c(C)nn(CC(O)CO)c1C. The van der Waals surface area contributed by atoms with Crippen LogP contribution in [0.3, 0.4) is 0 Å². The Morgan fingerprint density at radius 3 is 2.69 bits per heavy atom. The molecule has 1 aromatic rings. The summed E-state index contributed by atoms with van der Waals surface area (Å²) in [6.45, 7) is 7.83. The van der Waals surface area contributed by atoms with Gasteiger partial charge in [-0.25, -0.2) is 0 Å². The van der Waals surface area contributed by atoms with Crippen molar-refractivity contribution in [3.63, 3.8) is 0 Å². The van der Waals surface area contributed by atoms with Gasteiger partial charge < -0.3 is 15.5 Å². The molecule has 1 heterocycles. The standard InChI is InChI=1S/C11H21N3O2/c1-4-12-5-11-8(2)13-14(9(11)3)6-10(16)7-15/h10,12,15-16H,4-7H2,1-3H3. The van der Waals surface area contributed by atoms with E-state index in [1.165, 1.54) is 5.56 Å². The average Bonchev–Trinajstić information content (AvgIpc) is 2.52. The summed E-state index contributed by atoms with van der Waals surface area (Å²) in [5.74, 6) is 0. The normalized spacial score (nSPS) is 13.1. The van der Waals surface area contributed by atoms with E-state index in [-0.39, 0.29) is 6.61 Å². The molecular weight excluding hydrogens is 206 g/mol. The summed E-state index contributed by atoms with van der Waals surface area (Å²) in [5, 5.41) is 25.8. The third kappa shape index (κ3) is 3.04. The lowest BCUT2D eigenvalue weighted by molar-refractivity contribution is 0.0776. The fourth-order valence-electron chi connectivity index (χ4n) is 1.67. The van der Waals surface area contributed by atoms with Gasteiger partial charge in [-0.1, -0.05) is 6.92 Å². The maximum atomic E-state index is 9.39. The summed E-state index contributed by atoms with van der Waals surface area (Å²) in [4.78, 5) is 0. The lowest BCUT2D eigenvalue weighted by Crippen LogP contribution is -2.21. The lowest BCUT2D eigenvalue weighted by Gasteiger charge is -2.09. The van der Waals surface area contributed by atoms with E-state index in [9.17, 15) is 5.11 Å². The fraction of sp³-hybridized carbons (Fsp3) is 0.727. The van der Waals surface area contributed by atoms with E-state index < -0.39 is 6.10 Å². The first-order chi connectivity index (χ1) is 7.60. The first-order valence-corrected chi connectivity index (χ1v) is 5.62. The average molecular weight is 227 g/mol. The Morgan fingerprint density at radius 1 is 1.44 bits per heavy atom. The van der Waals surface area contributed by atoms with E-state index in [1.807, 2.05) is 13.8 Å². The molecule has 5 heteroatoms. The van der Waals surface area contributed by atoms with Crippen molar-refractivity contribution in [2.45, 2.75) is 40.0 Å². The van der Waals surface area contributed by atoms with Crippen LogP contribution in [0.2, 0.25) is 0 Å². The predicted molar refractivity (Wildman–Crippen MR) is 62.2 cm³/mol. The van der Waals surface area contributed by atoms with Gasteiger partial charge in [-0.05, 0) is 20.4 Å². The highest BCUT2D eigenvalue weighted by Gasteiger charge is 2.13. The van der Waals surface area contributed by atoms with Gasteiger partial charge >= 0.3 is 0 Å². The number of aliphatic hydroxyl groups excluding tert-OH is 2. The van der Waals surface area contributed by atoms with Gasteiger partial charge in [0.05, 0.1) is 24.9 Å². The molecule has 0 saturated heterocycles. The van der Waals surface area contributed by atoms with Gasteiger partial charge in [-0.15, -0.1) is 0 Å². The van der Waals surface area contributed by atoms with E-state index in [1.54, 1.807) is 4.68 Å². The summed E-state index contributed by atoms with van der Waals surface area (Å²) >= 11 is 0. The van der Waals surface area contributed by atoms with Gasteiger partial charge in [-0.2, -0.15) is 5.10 Å². The van der Waals surface area contributed by atoms with Crippen molar-refractivity contribution in [1.82, 2.24) is 15.1 Å². The van der Waals surface area contributed by atoms with Gasteiger partial charge in [-0.3, -0.25) is 4.68 Å². The Morgan fingerprint density at radius 2 is 2.12 bits per heavy atom. The van der Waals surface area contributed by atoms with Crippen LogP contribution in [0.25, 0.3) is 0 Å². The molecule has 0 radical (unpaired) electrons. The molecule has 1 unspecified atom stereocenters. The number of hydrogen-bond acceptors (Lipinski definition) is 4. The first kappa shape index (κ1) is 13.2. The number of nitrogens with one attached hydrogen (secondary N) is 1. The maximum absolute atomic E-state index is 9.39. The van der Waals surface area contributed by atoms with E-state index in [0.29, 0.717) is 6.54 Å². The van der Waals surface area contributed by atoms with E-state index in [4.69, 9.17) is 5.11 Å². The van der Waals surface area contributed by atoms with Crippen LogP contribution in [0.5, 0.6) is 0 Å². The van der Waals surface area contributed by atoms with Crippen LogP contribution in [0, 0.1) is 13.8 Å². The smallest absolute Gasteiger partial charge is 0.0966 e. The molecule has 5 nitrogen and oxygen atoms in total. The van der Waals surface area contributed by atoms with Crippen LogP contribution in [-0.4, -0.2) is 39.2 Å². The van der Waals surface area contributed by atoms with Gasteiger partial charge in [0.25, 0.3) is 0 Å². The Bertz CT molecular complexity index is 336. The van der Waals surface area contributed by atoms with Crippen LogP contribution in [-0.2, 0) is 13.1 Å². The number of rotatable bonds is 6. The molecule has 0 saturated carbocycles. The zero-order valence-electron chi connectivity index (χ0n) is 10.2. The largest absolute Gasteiger partial charge is 0.394 e. The molecule has 0 fully saturated rings. The molecule has 0 amide bonds. The predicted octanol–water partition coefficient (Wildman–Crippen LogP) is -0.0374. The summed E-state index contributed by atoms with van der Waals surface area (Å²) in [6, 6.07) is 0. The zero-order valence-corrected chi connectivity index (χ0v) is 10.2. The molecule has 0 spiro atoms. The summed E-state index contributed by atoms with van der Waals surface area (Å²) in [5.41, 5.74) is 3.20. The second kappa shape index (κ2) is 5.98. The minimum atomic E-state index is -0.745. The molecule has 16 heavy (non-hydrogen) atoms. The highest BCUT2D eigenvalue weighted by Crippen LogP contribution is 2.13. The summed E-state index contributed by atoms with van der Waals surface area (Å²) < 4.78 is 1.75. The molecule has 0 aliphatic heterocycles. The second-order valence-electron chi connectivity index (χ2n) is 3.95. The molecule has 0 bridgehead atoms. The fourth-order valence-corrected chi connectivity index (χ4v) is 1.67. The second-order valence-corrected chi connectivity index (χ2v) is 3.95. The number of aromatic nitrogens is 2. The highest BCUT2D eigenvalue weighted by atomic mass is 16.3. The minimum Gasteiger partial charge on any atom is -0.394 e. The summed E-state index contributed by atoms with van der Waals surface area (Å²) in [7, 11) is 0. The summed E-state index contributed by atoms with van der Waals surface area (Å²) in [6.07, 6.45) is -0.745. The Labute approximate surface area is 96.1 Å². The Balaban J connectivity index is 2.79.